The predicted octanol–water partition coefficient (Wildman–Crippen LogP) is 0.253. The second-order valence-electron chi connectivity index (χ2n) is 8.20. The molecule has 0 aromatic carbocycles. The van der Waals surface area contributed by atoms with E-state index in [1.54, 1.807) is 0 Å². The summed E-state index contributed by atoms with van der Waals surface area (Å²) < 4.78 is 5.56. The van der Waals surface area contributed by atoms with Crippen LogP contribution in [0.4, 0.5) is 0 Å². The van der Waals surface area contributed by atoms with Gasteiger partial charge in [0.2, 0.25) is 5.91 Å². The Morgan fingerprint density at radius 3 is 2.46 bits per heavy atom. The number of rotatable bonds is 8. The van der Waals surface area contributed by atoms with Gasteiger partial charge >= 0.3 is 0 Å². The third-order valence-corrected chi connectivity index (χ3v) is 6.05. The molecule has 2 aliphatic rings. The van der Waals surface area contributed by atoms with Crippen molar-refractivity contribution in [2.75, 3.05) is 67.1 Å². The Balaban J connectivity index is 1.74. The van der Waals surface area contributed by atoms with E-state index >= 15 is 0 Å². The lowest BCUT2D eigenvalue weighted by Crippen LogP contribution is -2.58. The first-order chi connectivity index (χ1) is 13.5. The van der Waals surface area contributed by atoms with Crippen molar-refractivity contribution in [1.82, 2.24) is 25.8 Å². The molecule has 3 N–H and O–H groups in total. The molecule has 0 aromatic rings. The summed E-state index contributed by atoms with van der Waals surface area (Å²) in [5.74, 6) is 1.00. The maximum Gasteiger partial charge on any atom is 0.234 e. The van der Waals surface area contributed by atoms with Crippen LogP contribution in [-0.4, -0.2) is 100 Å². The molecule has 0 radical (unpaired) electrons. The molecule has 2 saturated heterocycles. The molecule has 2 rings (SSSR count). The summed E-state index contributed by atoms with van der Waals surface area (Å²) >= 11 is 0. The zero-order valence-electron chi connectivity index (χ0n) is 18.2. The average molecular weight is 397 g/mol. The maximum atomic E-state index is 11.9. The van der Waals surface area contributed by atoms with E-state index in [4.69, 9.17) is 4.74 Å². The van der Waals surface area contributed by atoms with Crippen molar-refractivity contribution in [3.05, 3.63) is 0 Å². The molecule has 0 atom stereocenters. The number of ether oxygens (including phenoxy) is 1. The Morgan fingerprint density at radius 1 is 1.21 bits per heavy atom. The summed E-state index contributed by atoms with van der Waals surface area (Å²) in [6, 6.07) is 0.395. The summed E-state index contributed by atoms with van der Waals surface area (Å²) in [6.07, 6.45) is 5.08. The van der Waals surface area contributed by atoms with Gasteiger partial charge in [0.1, 0.15) is 0 Å². The van der Waals surface area contributed by atoms with Crippen LogP contribution in [0, 0.1) is 0 Å². The Morgan fingerprint density at radius 2 is 1.89 bits per heavy atom. The number of likely N-dealkylation sites (N-methyl/N-ethyl adjacent to an activating group) is 1. The SMILES string of the molecule is CCCNC(=O)CN1CCC(NC(=NC)NCC2(N(C)C)CCOCC2)CC1. The van der Waals surface area contributed by atoms with E-state index in [9.17, 15) is 4.79 Å². The first-order valence-electron chi connectivity index (χ1n) is 10.7. The standard InChI is InChI=1S/C20H40N6O2/c1-5-10-22-18(27)15-26-11-6-17(7-12-26)24-19(21-2)23-16-20(25(3)4)8-13-28-14-9-20/h17H,5-16H2,1-4H3,(H,22,27)(H2,21,23,24). The highest BCUT2D eigenvalue weighted by Crippen LogP contribution is 2.25. The minimum atomic E-state index is 0.116. The van der Waals surface area contributed by atoms with Gasteiger partial charge in [-0.25, -0.2) is 0 Å². The van der Waals surface area contributed by atoms with Crippen molar-refractivity contribution < 1.29 is 9.53 Å². The fourth-order valence-electron chi connectivity index (χ4n) is 3.93. The number of guanidine groups is 1. The van der Waals surface area contributed by atoms with Crippen molar-refractivity contribution in [1.29, 1.82) is 0 Å². The molecule has 0 spiro atoms. The van der Waals surface area contributed by atoms with E-state index in [0.717, 1.165) is 77.5 Å². The van der Waals surface area contributed by atoms with Gasteiger partial charge in [-0.05, 0) is 46.2 Å². The van der Waals surface area contributed by atoms with Gasteiger partial charge in [0.05, 0.1) is 6.54 Å². The zero-order chi connectivity index (χ0) is 20.4. The van der Waals surface area contributed by atoms with Gasteiger partial charge in [-0.15, -0.1) is 0 Å². The molecular formula is C20H40N6O2. The van der Waals surface area contributed by atoms with Crippen LogP contribution in [-0.2, 0) is 9.53 Å². The average Bonchev–Trinajstić information content (AvgIpc) is 2.71. The smallest absolute Gasteiger partial charge is 0.234 e. The highest BCUT2D eigenvalue weighted by Gasteiger charge is 2.35. The largest absolute Gasteiger partial charge is 0.381 e. The summed E-state index contributed by atoms with van der Waals surface area (Å²) in [7, 11) is 6.12. The first-order valence-corrected chi connectivity index (χ1v) is 10.7. The van der Waals surface area contributed by atoms with Gasteiger partial charge in [-0.2, -0.15) is 0 Å². The second kappa shape index (κ2) is 11.6. The zero-order valence-corrected chi connectivity index (χ0v) is 18.2. The van der Waals surface area contributed by atoms with Crippen LogP contribution >= 0.6 is 0 Å². The normalized spacial score (nSPS) is 21.5. The summed E-state index contributed by atoms with van der Waals surface area (Å²) in [4.78, 5) is 20.9. The van der Waals surface area contributed by atoms with Crippen LogP contribution in [0.2, 0.25) is 0 Å². The molecule has 162 valence electrons. The lowest BCUT2D eigenvalue weighted by Gasteiger charge is -2.43. The quantitative estimate of drug-likeness (QED) is 0.403. The molecule has 0 aromatic heterocycles. The van der Waals surface area contributed by atoms with E-state index < -0.39 is 0 Å². The minimum absolute atomic E-state index is 0.116. The lowest BCUT2D eigenvalue weighted by atomic mass is 9.88. The summed E-state index contributed by atoms with van der Waals surface area (Å²) in [5, 5.41) is 10.1. The number of hydrogen-bond donors (Lipinski definition) is 3. The fraction of sp³-hybridized carbons (Fsp3) is 0.900. The predicted molar refractivity (Wildman–Crippen MR) is 114 cm³/mol. The number of carbonyl (C=O) groups is 1. The number of piperidine rings is 1. The molecule has 0 unspecified atom stereocenters. The van der Waals surface area contributed by atoms with E-state index in [0.29, 0.717) is 12.6 Å². The lowest BCUT2D eigenvalue weighted by molar-refractivity contribution is -0.122. The number of nitrogens with zero attached hydrogens (tertiary/aromatic N) is 3. The fourth-order valence-corrected chi connectivity index (χ4v) is 3.93. The van der Waals surface area contributed by atoms with E-state index in [2.05, 4.69) is 51.8 Å². The molecule has 0 saturated carbocycles. The van der Waals surface area contributed by atoms with Crippen molar-refractivity contribution in [3.8, 4) is 0 Å². The summed E-state index contributed by atoms with van der Waals surface area (Å²) in [6.45, 7) is 7.71. The van der Waals surface area contributed by atoms with Gasteiger partial charge < -0.3 is 25.6 Å². The Hall–Kier alpha value is -1.38. The topological polar surface area (TPSA) is 81.2 Å². The van der Waals surface area contributed by atoms with Crippen LogP contribution in [0.5, 0.6) is 0 Å². The van der Waals surface area contributed by atoms with Crippen molar-refractivity contribution in [3.63, 3.8) is 0 Å². The summed E-state index contributed by atoms with van der Waals surface area (Å²) in [5.41, 5.74) is 0.116. The molecule has 2 aliphatic heterocycles. The molecular weight excluding hydrogens is 356 g/mol. The molecule has 28 heavy (non-hydrogen) atoms. The molecule has 2 heterocycles. The van der Waals surface area contributed by atoms with Crippen LogP contribution in [0.1, 0.15) is 39.0 Å². The van der Waals surface area contributed by atoms with E-state index in [-0.39, 0.29) is 11.4 Å². The van der Waals surface area contributed by atoms with E-state index in [1.165, 1.54) is 0 Å². The Bertz CT molecular complexity index is 497. The van der Waals surface area contributed by atoms with Gasteiger partial charge in [0, 0.05) is 58.0 Å². The number of carbonyl (C=O) groups excluding carboxylic acids is 1. The Labute approximate surface area is 170 Å². The molecule has 1 amide bonds. The molecule has 8 heteroatoms. The van der Waals surface area contributed by atoms with Crippen LogP contribution in [0.15, 0.2) is 4.99 Å². The highest BCUT2D eigenvalue weighted by molar-refractivity contribution is 5.80. The molecule has 2 fully saturated rings. The number of hydrogen-bond acceptors (Lipinski definition) is 5. The second-order valence-corrected chi connectivity index (χ2v) is 8.20. The minimum Gasteiger partial charge on any atom is -0.381 e. The Kier molecular flexibility index (Phi) is 9.47. The van der Waals surface area contributed by atoms with Crippen molar-refractivity contribution >= 4 is 11.9 Å². The number of likely N-dealkylation sites (tertiary alicyclic amines) is 1. The first kappa shape index (κ1) is 22.9. The van der Waals surface area contributed by atoms with Crippen molar-refractivity contribution in [2.45, 2.75) is 50.6 Å². The van der Waals surface area contributed by atoms with Crippen LogP contribution < -0.4 is 16.0 Å². The third kappa shape index (κ3) is 6.90. The van der Waals surface area contributed by atoms with Gasteiger partial charge in [-0.1, -0.05) is 6.92 Å². The molecule has 0 aliphatic carbocycles. The monoisotopic (exact) mass is 396 g/mol. The number of nitrogens with one attached hydrogen (secondary N) is 3. The van der Waals surface area contributed by atoms with Gasteiger partial charge in [0.25, 0.3) is 0 Å². The van der Waals surface area contributed by atoms with E-state index in [1.807, 2.05) is 7.05 Å². The third-order valence-electron chi connectivity index (χ3n) is 6.05. The van der Waals surface area contributed by atoms with Crippen LogP contribution in [0.25, 0.3) is 0 Å². The number of amides is 1. The molecule has 8 nitrogen and oxygen atoms in total. The highest BCUT2D eigenvalue weighted by atomic mass is 16.5. The maximum absolute atomic E-state index is 11.9. The number of aliphatic imine (C=N–C) groups is 1. The van der Waals surface area contributed by atoms with Crippen LogP contribution in [0.3, 0.4) is 0 Å². The van der Waals surface area contributed by atoms with Crippen molar-refractivity contribution in [2.24, 2.45) is 4.99 Å². The molecule has 0 bridgehead atoms. The van der Waals surface area contributed by atoms with Gasteiger partial charge in [-0.3, -0.25) is 14.7 Å². The van der Waals surface area contributed by atoms with Gasteiger partial charge in [0.15, 0.2) is 5.96 Å².